The maximum atomic E-state index is 13.5. The van der Waals surface area contributed by atoms with Crippen molar-refractivity contribution in [3.8, 4) is 11.5 Å². The van der Waals surface area contributed by atoms with E-state index < -0.39 is 5.92 Å². The summed E-state index contributed by atoms with van der Waals surface area (Å²) in [6.45, 7) is 1.65. The van der Waals surface area contributed by atoms with Crippen molar-refractivity contribution in [1.82, 2.24) is 9.47 Å². The summed E-state index contributed by atoms with van der Waals surface area (Å²) in [5.74, 6) is 0.354. The zero-order chi connectivity index (χ0) is 21.9. The molecule has 1 atom stereocenters. The number of anilines is 1. The van der Waals surface area contributed by atoms with E-state index in [4.69, 9.17) is 9.47 Å². The van der Waals surface area contributed by atoms with Gasteiger partial charge in [-0.25, -0.2) is 0 Å². The van der Waals surface area contributed by atoms with Crippen LogP contribution in [0.5, 0.6) is 11.5 Å². The molecule has 7 heteroatoms. The first kappa shape index (κ1) is 19.2. The molecule has 158 valence electrons. The van der Waals surface area contributed by atoms with Crippen LogP contribution in [0.15, 0.2) is 53.9 Å². The molecule has 2 amide bonds. The molecule has 1 unspecified atom stereocenters. The van der Waals surface area contributed by atoms with Crippen LogP contribution < -0.4 is 14.8 Å². The van der Waals surface area contributed by atoms with E-state index >= 15 is 0 Å². The minimum Gasteiger partial charge on any atom is -0.497 e. The fraction of sp³-hybridized carbons (Fsp3) is 0.250. The zero-order valence-corrected chi connectivity index (χ0v) is 17.9. The first-order valence-electron chi connectivity index (χ1n) is 10.1. The molecule has 0 spiro atoms. The Balaban J connectivity index is 1.82. The van der Waals surface area contributed by atoms with E-state index in [1.54, 1.807) is 14.2 Å². The van der Waals surface area contributed by atoms with E-state index in [1.165, 1.54) is 11.8 Å². The third-order valence-electron chi connectivity index (χ3n) is 6.18. The number of benzene rings is 2. The standard InChI is InChI=1S/C24H23N3O4/c1-13(28)27-12-18-23(24(27)29)21(15-9-8-14(30-3)10-20(15)31-4)16-11-26(2)19-7-5-6-17(25-18)22(16)19/h5-11,21,25H,12H2,1-4H3. The predicted molar refractivity (Wildman–Crippen MR) is 117 cm³/mol. The molecule has 31 heavy (non-hydrogen) atoms. The average molecular weight is 417 g/mol. The van der Waals surface area contributed by atoms with Gasteiger partial charge in [-0.3, -0.25) is 14.5 Å². The molecule has 1 N–H and O–H groups in total. The Morgan fingerprint density at radius 2 is 1.94 bits per heavy atom. The Morgan fingerprint density at radius 3 is 2.65 bits per heavy atom. The van der Waals surface area contributed by atoms with Gasteiger partial charge in [0.1, 0.15) is 11.5 Å². The van der Waals surface area contributed by atoms with Gasteiger partial charge in [-0.05, 0) is 23.8 Å². The topological polar surface area (TPSA) is 72.8 Å². The van der Waals surface area contributed by atoms with Crippen LogP contribution in [-0.2, 0) is 16.6 Å². The Morgan fingerprint density at radius 1 is 1.13 bits per heavy atom. The van der Waals surface area contributed by atoms with Gasteiger partial charge in [-0.2, -0.15) is 0 Å². The van der Waals surface area contributed by atoms with Gasteiger partial charge in [0.05, 0.1) is 31.9 Å². The lowest BCUT2D eigenvalue weighted by Gasteiger charge is -2.22. The number of carbonyl (C=O) groups is 2. The van der Waals surface area contributed by atoms with Gasteiger partial charge in [0.25, 0.3) is 5.91 Å². The smallest absolute Gasteiger partial charge is 0.259 e. The minimum absolute atomic E-state index is 0.227. The van der Waals surface area contributed by atoms with E-state index in [0.29, 0.717) is 17.1 Å². The molecule has 2 aromatic carbocycles. The van der Waals surface area contributed by atoms with Crippen LogP contribution in [0.1, 0.15) is 24.0 Å². The number of imide groups is 1. The van der Waals surface area contributed by atoms with Crippen LogP contribution in [-0.4, -0.2) is 42.0 Å². The number of carbonyl (C=O) groups excluding carboxylic acids is 2. The highest BCUT2D eigenvalue weighted by atomic mass is 16.5. The van der Waals surface area contributed by atoms with Crippen LogP contribution in [0.3, 0.4) is 0 Å². The lowest BCUT2D eigenvalue weighted by molar-refractivity contribution is -0.139. The number of methoxy groups -OCH3 is 2. The van der Waals surface area contributed by atoms with E-state index in [1.807, 2.05) is 37.4 Å². The Bertz CT molecular complexity index is 1290. The van der Waals surface area contributed by atoms with Gasteiger partial charge < -0.3 is 19.4 Å². The number of hydrogen-bond acceptors (Lipinski definition) is 5. The normalized spacial score (nSPS) is 17.5. The molecule has 0 bridgehead atoms. The number of rotatable bonds is 3. The molecule has 0 saturated heterocycles. The van der Waals surface area contributed by atoms with E-state index in [9.17, 15) is 9.59 Å². The van der Waals surface area contributed by atoms with Crippen molar-refractivity contribution in [2.75, 3.05) is 26.1 Å². The molecule has 0 fully saturated rings. The predicted octanol–water partition coefficient (Wildman–Crippen LogP) is 3.40. The number of nitrogens with zero attached hydrogens (tertiary/aromatic N) is 2. The Labute approximate surface area is 179 Å². The quantitative estimate of drug-likeness (QED) is 0.707. The van der Waals surface area contributed by atoms with Crippen LogP contribution in [0, 0.1) is 0 Å². The van der Waals surface area contributed by atoms with Gasteiger partial charge in [0.2, 0.25) is 5.91 Å². The summed E-state index contributed by atoms with van der Waals surface area (Å²) < 4.78 is 13.1. The molecular weight excluding hydrogens is 394 g/mol. The second-order valence-corrected chi connectivity index (χ2v) is 7.86. The fourth-order valence-corrected chi connectivity index (χ4v) is 4.75. The summed E-state index contributed by atoms with van der Waals surface area (Å²) in [6, 6.07) is 11.7. The maximum absolute atomic E-state index is 13.5. The molecule has 2 aliphatic rings. The van der Waals surface area contributed by atoms with Crippen LogP contribution in [0.2, 0.25) is 0 Å². The molecule has 1 aromatic heterocycles. The Hall–Kier alpha value is -3.74. The largest absolute Gasteiger partial charge is 0.497 e. The maximum Gasteiger partial charge on any atom is 0.259 e. The molecular formula is C24H23N3O4. The lowest BCUT2D eigenvalue weighted by Crippen LogP contribution is -2.33. The first-order valence-corrected chi connectivity index (χ1v) is 10.1. The molecule has 0 radical (unpaired) electrons. The van der Waals surface area contributed by atoms with Crippen LogP contribution >= 0.6 is 0 Å². The van der Waals surface area contributed by atoms with Crippen LogP contribution in [0.25, 0.3) is 10.9 Å². The lowest BCUT2D eigenvalue weighted by atomic mass is 9.84. The van der Waals surface area contributed by atoms with Gasteiger partial charge >= 0.3 is 0 Å². The number of hydrogen-bond donors (Lipinski definition) is 1. The van der Waals surface area contributed by atoms with Gasteiger partial charge in [0, 0.05) is 54.5 Å². The number of aryl methyl sites for hydroxylation is 1. The fourth-order valence-electron chi connectivity index (χ4n) is 4.75. The van der Waals surface area contributed by atoms with Crippen LogP contribution in [0.4, 0.5) is 5.69 Å². The molecule has 0 saturated carbocycles. The third-order valence-corrected chi connectivity index (χ3v) is 6.18. The highest BCUT2D eigenvalue weighted by molar-refractivity contribution is 6.11. The summed E-state index contributed by atoms with van der Waals surface area (Å²) in [5.41, 5.74) is 5.15. The molecule has 3 aromatic rings. The number of aromatic nitrogens is 1. The summed E-state index contributed by atoms with van der Waals surface area (Å²) in [6.07, 6.45) is 2.06. The van der Waals surface area contributed by atoms with Crippen molar-refractivity contribution in [2.24, 2.45) is 7.05 Å². The summed E-state index contributed by atoms with van der Waals surface area (Å²) in [7, 11) is 5.20. The Kier molecular flexibility index (Phi) is 4.28. The highest BCUT2D eigenvalue weighted by Gasteiger charge is 2.42. The van der Waals surface area contributed by atoms with Crippen molar-refractivity contribution in [1.29, 1.82) is 0 Å². The van der Waals surface area contributed by atoms with Crippen molar-refractivity contribution >= 4 is 28.4 Å². The van der Waals surface area contributed by atoms with Crippen molar-refractivity contribution in [2.45, 2.75) is 12.8 Å². The number of ether oxygens (including phenoxy) is 2. The van der Waals surface area contributed by atoms with E-state index in [0.717, 1.165) is 33.4 Å². The number of amides is 2. The highest BCUT2D eigenvalue weighted by Crippen LogP contribution is 2.48. The monoisotopic (exact) mass is 417 g/mol. The SMILES string of the molecule is COc1ccc(C2C3=C(CN(C(C)=O)C3=O)Nc3cccc4c3c2cn4C)c(OC)c1. The molecule has 0 aliphatic carbocycles. The summed E-state index contributed by atoms with van der Waals surface area (Å²) in [4.78, 5) is 26.9. The van der Waals surface area contributed by atoms with Crippen molar-refractivity contribution < 1.29 is 19.1 Å². The second-order valence-electron chi connectivity index (χ2n) is 7.86. The van der Waals surface area contributed by atoms with Gasteiger partial charge in [-0.15, -0.1) is 0 Å². The zero-order valence-electron chi connectivity index (χ0n) is 17.9. The minimum atomic E-state index is -0.396. The van der Waals surface area contributed by atoms with Gasteiger partial charge in [-0.1, -0.05) is 12.1 Å². The molecule has 3 heterocycles. The first-order chi connectivity index (χ1) is 14.9. The van der Waals surface area contributed by atoms with E-state index in [2.05, 4.69) is 22.1 Å². The molecule has 5 rings (SSSR count). The summed E-state index contributed by atoms with van der Waals surface area (Å²) >= 11 is 0. The third kappa shape index (κ3) is 2.73. The summed E-state index contributed by atoms with van der Waals surface area (Å²) in [5, 5.41) is 4.52. The molecule has 7 nitrogen and oxygen atoms in total. The average Bonchev–Trinajstić information content (AvgIpc) is 3.22. The van der Waals surface area contributed by atoms with Gasteiger partial charge in [0.15, 0.2) is 0 Å². The van der Waals surface area contributed by atoms with Crippen molar-refractivity contribution in [3.05, 3.63) is 65.0 Å². The molecule has 2 aliphatic heterocycles. The number of nitrogens with one attached hydrogen (secondary N) is 1. The van der Waals surface area contributed by atoms with Crippen molar-refractivity contribution in [3.63, 3.8) is 0 Å². The van der Waals surface area contributed by atoms with E-state index in [-0.39, 0.29) is 18.4 Å². The second kappa shape index (κ2) is 6.91.